The summed E-state index contributed by atoms with van der Waals surface area (Å²) in [6, 6.07) is 1.45. The van der Waals surface area contributed by atoms with Crippen LogP contribution in [0.3, 0.4) is 0 Å². The molecule has 1 aromatic rings. The van der Waals surface area contributed by atoms with Crippen LogP contribution in [0.5, 0.6) is 0 Å². The van der Waals surface area contributed by atoms with Crippen LogP contribution in [-0.4, -0.2) is 35.1 Å². The molecule has 0 bridgehead atoms. The number of alkyl halides is 6. The molecule has 1 aromatic heterocycles. The molecule has 1 heterocycles. The summed E-state index contributed by atoms with van der Waals surface area (Å²) in [7, 11) is 0. The van der Waals surface area contributed by atoms with Crippen molar-refractivity contribution in [3.05, 3.63) is 29.1 Å². The first-order chi connectivity index (χ1) is 10.5. The van der Waals surface area contributed by atoms with E-state index >= 15 is 0 Å². The Morgan fingerprint density at radius 3 is 2.22 bits per heavy atom. The van der Waals surface area contributed by atoms with Crippen LogP contribution in [0.4, 0.5) is 26.3 Å². The highest BCUT2D eigenvalue weighted by Gasteiger charge is 2.35. The molecule has 0 atom stereocenters. The van der Waals surface area contributed by atoms with Gasteiger partial charge in [-0.2, -0.15) is 26.3 Å². The first kappa shape index (κ1) is 19.2. The Labute approximate surface area is 129 Å². The summed E-state index contributed by atoms with van der Waals surface area (Å²) in [4.78, 5) is 16.1. The van der Waals surface area contributed by atoms with Crippen molar-refractivity contribution in [2.45, 2.75) is 39.0 Å². The van der Waals surface area contributed by atoms with Crippen molar-refractivity contribution in [2.24, 2.45) is 0 Å². The molecule has 0 unspecified atom stereocenters. The highest BCUT2D eigenvalue weighted by molar-refractivity contribution is 5.95. The van der Waals surface area contributed by atoms with E-state index in [4.69, 9.17) is 0 Å². The van der Waals surface area contributed by atoms with Crippen molar-refractivity contribution in [2.75, 3.05) is 13.1 Å². The van der Waals surface area contributed by atoms with Crippen molar-refractivity contribution in [3.8, 4) is 0 Å². The number of unbranched alkanes of at least 4 members (excludes halogenated alkanes) is 1. The van der Waals surface area contributed by atoms with Crippen LogP contribution in [0.1, 0.15) is 41.5 Å². The maximum Gasteiger partial charge on any atom is 0.433 e. The van der Waals surface area contributed by atoms with E-state index in [1.165, 1.54) is 0 Å². The molecule has 0 radical (unpaired) electrons. The third kappa shape index (κ3) is 5.72. The molecule has 0 N–H and O–H groups in total. The molecule has 0 aliphatic heterocycles. The number of hydrogen-bond donors (Lipinski definition) is 0. The minimum absolute atomic E-state index is 0.130. The largest absolute Gasteiger partial charge is 0.433 e. The number of aryl methyl sites for hydroxylation is 1. The summed E-state index contributed by atoms with van der Waals surface area (Å²) in [6.07, 6.45) is -8.34. The monoisotopic (exact) mass is 342 g/mol. The number of pyridine rings is 1. The lowest BCUT2D eigenvalue weighted by Gasteiger charge is -2.24. The van der Waals surface area contributed by atoms with Crippen LogP contribution in [0.2, 0.25) is 0 Å². The summed E-state index contributed by atoms with van der Waals surface area (Å²) in [5.41, 5.74) is -1.71. The normalized spacial score (nSPS) is 12.3. The smallest absolute Gasteiger partial charge is 0.329 e. The molecule has 0 aromatic carbocycles. The lowest BCUT2D eigenvalue weighted by atomic mass is 10.1. The molecule has 0 aliphatic rings. The van der Waals surface area contributed by atoms with Crippen LogP contribution in [-0.2, 0) is 6.18 Å². The summed E-state index contributed by atoms with van der Waals surface area (Å²) >= 11 is 0. The molecule has 1 rings (SSSR count). The van der Waals surface area contributed by atoms with E-state index in [0.717, 1.165) is 13.0 Å². The van der Waals surface area contributed by atoms with Gasteiger partial charge in [0, 0.05) is 6.54 Å². The van der Waals surface area contributed by atoms with Gasteiger partial charge in [0.15, 0.2) is 0 Å². The second-order valence-electron chi connectivity index (χ2n) is 5.02. The summed E-state index contributed by atoms with van der Waals surface area (Å²) in [5, 5.41) is 0. The third-order valence-corrected chi connectivity index (χ3v) is 3.05. The van der Waals surface area contributed by atoms with Gasteiger partial charge in [-0.3, -0.25) is 4.79 Å². The van der Waals surface area contributed by atoms with Gasteiger partial charge < -0.3 is 4.90 Å². The van der Waals surface area contributed by atoms with Crippen molar-refractivity contribution in [1.29, 1.82) is 0 Å². The van der Waals surface area contributed by atoms with Crippen LogP contribution in [0.25, 0.3) is 0 Å². The average molecular weight is 342 g/mol. The third-order valence-electron chi connectivity index (χ3n) is 3.05. The fourth-order valence-corrected chi connectivity index (χ4v) is 1.93. The lowest BCUT2D eigenvalue weighted by molar-refractivity contribution is -0.141. The molecule has 0 fully saturated rings. The number of halogens is 6. The van der Waals surface area contributed by atoms with Gasteiger partial charge in [-0.1, -0.05) is 13.3 Å². The highest BCUT2D eigenvalue weighted by Crippen LogP contribution is 2.28. The fraction of sp³-hybridized carbons (Fsp3) is 0.571. The van der Waals surface area contributed by atoms with Crippen molar-refractivity contribution < 1.29 is 31.1 Å². The van der Waals surface area contributed by atoms with Gasteiger partial charge in [-0.25, -0.2) is 4.98 Å². The Balaban J connectivity index is 3.08. The van der Waals surface area contributed by atoms with E-state index in [0.29, 0.717) is 23.8 Å². The van der Waals surface area contributed by atoms with Gasteiger partial charge >= 0.3 is 12.4 Å². The van der Waals surface area contributed by atoms with E-state index in [1.807, 2.05) is 0 Å². The van der Waals surface area contributed by atoms with Crippen molar-refractivity contribution in [1.82, 2.24) is 9.88 Å². The van der Waals surface area contributed by atoms with Gasteiger partial charge in [0.1, 0.15) is 12.2 Å². The Hall–Kier alpha value is -1.80. The van der Waals surface area contributed by atoms with Crippen molar-refractivity contribution >= 4 is 5.91 Å². The number of carbonyl (C=O) groups is 1. The number of carbonyl (C=O) groups excluding carboxylic acids is 1. The predicted octanol–water partition coefficient (Wildman–Crippen LogP) is 4.21. The summed E-state index contributed by atoms with van der Waals surface area (Å²) < 4.78 is 75.3. The molecule has 23 heavy (non-hydrogen) atoms. The Kier molecular flexibility index (Phi) is 6.01. The second kappa shape index (κ2) is 7.18. The van der Waals surface area contributed by atoms with Crippen molar-refractivity contribution in [3.63, 3.8) is 0 Å². The standard InChI is InChI=1S/C14H16F6N2O/c1-3-4-7-22(8-13(15,16)17)12(23)10-5-6-11(14(18,19)20)21-9(10)2/h5-6H,3-4,7-8H2,1-2H3. The molecular formula is C14H16F6N2O. The van der Waals surface area contributed by atoms with Crippen LogP contribution in [0.15, 0.2) is 12.1 Å². The van der Waals surface area contributed by atoms with E-state index in [9.17, 15) is 31.1 Å². The van der Waals surface area contributed by atoms with E-state index in [1.54, 1.807) is 6.92 Å². The quantitative estimate of drug-likeness (QED) is 0.751. The highest BCUT2D eigenvalue weighted by atomic mass is 19.4. The van der Waals surface area contributed by atoms with E-state index in [2.05, 4.69) is 4.98 Å². The molecule has 9 heteroatoms. The van der Waals surface area contributed by atoms with Gasteiger partial charge in [-0.05, 0) is 25.5 Å². The zero-order valence-electron chi connectivity index (χ0n) is 12.6. The Bertz CT molecular complexity index is 553. The molecule has 1 amide bonds. The maximum atomic E-state index is 12.6. The summed E-state index contributed by atoms with van der Waals surface area (Å²) in [5.74, 6) is -0.977. The second-order valence-corrected chi connectivity index (χ2v) is 5.02. The topological polar surface area (TPSA) is 33.2 Å². The predicted molar refractivity (Wildman–Crippen MR) is 70.8 cm³/mol. The molecule has 0 saturated heterocycles. The number of amides is 1. The molecular weight excluding hydrogens is 326 g/mol. The SMILES string of the molecule is CCCCN(CC(F)(F)F)C(=O)c1ccc(C(F)(F)F)nc1C. The first-order valence-electron chi connectivity index (χ1n) is 6.86. The number of aromatic nitrogens is 1. The lowest BCUT2D eigenvalue weighted by Crippen LogP contribution is -2.40. The van der Waals surface area contributed by atoms with Gasteiger partial charge in [-0.15, -0.1) is 0 Å². The molecule has 0 aliphatic carbocycles. The molecule has 0 saturated carbocycles. The van der Waals surface area contributed by atoms with Crippen LogP contribution in [0, 0.1) is 6.92 Å². The van der Waals surface area contributed by atoms with Gasteiger partial charge in [0.2, 0.25) is 0 Å². The zero-order valence-corrected chi connectivity index (χ0v) is 12.6. The first-order valence-corrected chi connectivity index (χ1v) is 6.86. The average Bonchev–Trinajstić information content (AvgIpc) is 2.40. The molecule has 3 nitrogen and oxygen atoms in total. The Morgan fingerprint density at radius 1 is 1.17 bits per heavy atom. The number of nitrogens with zero attached hydrogens (tertiary/aromatic N) is 2. The van der Waals surface area contributed by atoms with E-state index < -0.39 is 30.5 Å². The van der Waals surface area contributed by atoms with Gasteiger partial charge in [0.05, 0.1) is 11.3 Å². The number of hydrogen-bond acceptors (Lipinski definition) is 2. The fourth-order valence-electron chi connectivity index (χ4n) is 1.93. The maximum absolute atomic E-state index is 12.6. The minimum atomic E-state index is -4.68. The molecule has 130 valence electrons. The summed E-state index contributed by atoms with van der Waals surface area (Å²) in [6.45, 7) is 1.33. The number of rotatable bonds is 5. The zero-order chi connectivity index (χ0) is 17.8. The van der Waals surface area contributed by atoms with E-state index in [-0.39, 0.29) is 17.8 Å². The van der Waals surface area contributed by atoms with Gasteiger partial charge in [0.25, 0.3) is 5.91 Å². The minimum Gasteiger partial charge on any atom is -0.329 e. The molecule has 0 spiro atoms. The van der Waals surface area contributed by atoms with Crippen LogP contribution < -0.4 is 0 Å². The van der Waals surface area contributed by atoms with Crippen LogP contribution >= 0.6 is 0 Å². The Morgan fingerprint density at radius 2 is 1.78 bits per heavy atom.